The zero-order valence-electron chi connectivity index (χ0n) is 22.1. The van der Waals surface area contributed by atoms with E-state index in [1.54, 1.807) is 0 Å². The van der Waals surface area contributed by atoms with E-state index in [0.29, 0.717) is 0 Å². The fourth-order valence-corrected chi connectivity index (χ4v) is 8.42. The molecular formula is C40H22S. The lowest BCUT2D eigenvalue weighted by molar-refractivity contribution is 1.68. The van der Waals surface area contributed by atoms with Crippen molar-refractivity contribution in [2.24, 2.45) is 0 Å². The van der Waals surface area contributed by atoms with Gasteiger partial charge in [-0.05, 0) is 106 Å². The van der Waals surface area contributed by atoms with Gasteiger partial charge in [0.1, 0.15) is 0 Å². The highest BCUT2D eigenvalue weighted by Gasteiger charge is 2.15. The molecule has 0 saturated heterocycles. The normalized spacial score (nSPS) is 12.4. The molecule has 0 unspecified atom stereocenters. The maximum Gasteiger partial charge on any atom is 0.0367 e. The molecule has 0 aliphatic heterocycles. The Labute approximate surface area is 240 Å². The predicted octanol–water partition coefficient (Wildman–Crippen LogP) is 12.0. The first-order chi connectivity index (χ1) is 20.3. The van der Waals surface area contributed by atoms with Crippen LogP contribution in [-0.2, 0) is 0 Å². The molecule has 10 rings (SSSR count). The van der Waals surface area contributed by atoms with E-state index in [4.69, 9.17) is 0 Å². The summed E-state index contributed by atoms with van der Waals surface area (Å²) in [6.45, 7) is 0. The van der Waals surface area contributed by atoms with Crippen LogP contribution >= 0.6 is 11.3 Å². The highest BCUT2D eigenvalue weighted by atomic mass is 32.1. The topological polar surface area (TPSA) is 0 Å². The molecule has 10 aromatic rings. The van der Waals surface area contributed by atoms with Gasteiger partial charge in [0.05, 0.1) is 0 Å². The molecule has 0 aliphatic rings. The minimum atomic E-state index is 1.26. The molecule has 1 heterocycles. The van der Waals surface area contributed by atoms with Gasteiger partial charge in [0.15, 0.2) is 0 Å². The smallest absolute Gasteiger partial charge is 0.0367 e. The second-order valence-electron chi connectivity index (χ2n) is 11.3. The van der Waals surface area contributed by atoms with Gasteiger partial charge in [0, 0.05) is 20.2 Å². The van der Waals surface area contributed by atoms with Crippen molar-refractivity contribution in [3.8, 4) is 22.3 Å². The van der Waals surface area contributed by atoms with Gasteiger partial charge in [-0.2, -0.15) is 0 Å². The quantitative estimate of drug-likeness (QED) is 0.193. The van der Waals surface area contributed by atoms with Crippen LogP contribution in [0.25, 0.3) is 96.3 Å². The highest BCUT2D eigenvalue weighted by molar-refractivity contribution is 7.26. The summed E-state index contributed by atoms with van der Waals surface area (Å²) in [5.41, 5.74) is 5.10. The van der Waals surface area contributed by atoms with Crippen molar-refractivity contribution in [1.29, 1.82) is 0 Å². The second kappa shape index (κ2) is 7.81. The van der Waals surface area contributed by atoms with Gasteiger partial charge in [-0.25, -0.2) is 0 Å². The monoisotopic (exact) mass is 534 g/mol. The molecule has 188 valence electrons. The Morgan fingerprint density at radius 2 is 0.902 bits per heavy atom. The van der Waals surface area contributed by atoms with E-state index in [1.807, 2.05) is 11.3 Å². The van der Waals surface area contributed by atoms with Crippen LogP contribution < -0.4 is 0 Å². The van der Waals surface area contributed by atoms with Gasteiger partial charge < -0.3 is 0 Å². The van der Waals surface area contributed by atoms with Gasteiger partial charge in [0.2, 0.25) is 0 Å². The summed E-state index contributed by atoms with van der Waals surface area (Å²) in [7, 11) is 0. The maximum atomic E-state index is 2.39. The van der Waals surface area contributed by atoms with Gasteiger partial charge in [-0.15, -0.1) is 11.3 Å². The van der Waals surface area contributed by atoms with Crippen LogP contribution in [0, 0.1) is 0 Å². The molecule has 1 aromatic heterocycles. The van der Waals surface area contributed by atoms with E-state index in [2.05, 4.69) is 133 Å². The molecule has 0 radical (unpaired) electrons. The fraction of sp³-hybridized carbons (Fsp3) is 0. The lowest BCUT2D eigenvalue weighted by atomic mass is 9.89. The summed E-state index contributed by atoms with van der Waals surface area (Å²) >= 11 is 1.91. The molecule has 0 atom stereocenters. The fourth-order valence-electron chi connectivity index (χ4n) is 7.20. The molecule has 1 heteroatoms. The molecule has 0 fully saturated rings. The van der Waals surface area contributed by atoms with Crippen LogP contribution in [-0.4, -0.2) is 0 Å². The van der Waals surface area contributed by atoms with Gasteiger partial charge in [-0.3, -0.25) is 0 Å². The van der Waals surface area contributed by atoms with Crippen molar-refractivity contribution >= 4 is 85.4 Å². The summed E-state index contributed by atoms with van der Waals surface area (Å²) < 4.78 is 2.74. The van der Waals surface area contributed by atoms with Crippen LogP contribution in [0.1, 0.15) is 0 Å². The Hall–Kier alpha value is -4.98. The molecule has 0 aliphatic carbocycles. The van der Waals surface area contributed by atoms with E-state index in [-0.39, 0.29) is 0 Å². The van der Waals surface area contributed by atoms with E-state index in [1.165, 1.54) is 96.3 Å². The summed E-state index contributed by atoms with van der Waals surface area (Å²) in [5, 5.41) is 16.0. The lowest BCUT2D eigenvalue weighted by Crippen LogP contribution is -1.87. The molecular weight excluding hydrogens is 513 g/mol. The number of thiophene rings is 1. The van der Waals surface area contributed by atoms with Crippen molar-refractivity contribution in [1.82, 2.24) is 0 Å². The molecule has 0 amide bonds. The lowest BCUT2D eigenvalue weighted by Gasteiger charge is -2.14. The van der Waals surface area contributed by atoms with Crippen LogP contribution in [0.15, 0.2) is 133 Å². The second-order valence-corrected chi connectivity index (χ2v) is 12.4. The first-order valence-corrected chi connectivity index (χ1v) is 15.0. The number of hydrogen-bond donors (Lipinski definition) is 0. The number of benzene rings is 9. The summed E-state index contributed by atoms with van der Waals surface area (Å²) in [6.07, 6.45) is 0. The van der Waals surface area contributed by atoms with Crippen molar-refractivity contribution < 1.29 is 0 Å². The van der Waals surface area contributed by atoms with Crippen molar-refractivity contribution in [2.75, 3.05) is 0 Å². The standard InChI is InChI=1S/C40H22S/c1-3-24-9-10-27-15-17-33(34-18-16-25(4-1)37(24)38(27)34)29-13-8-23-7-12-28(19-31(23)20-29)32-21-30-14-11-26-5-2-6-35-39(26)40(30)36(22-32)41-35/h1-22H. The SMILES string of the molecule is c1cc2ccc3ccc(-c4ccc5ccc(-c6cc7ccc8cccc9sc(c6)c7c89)cc5c4)c4ccc(c1)c2c34. The van der Waals surface area contributed by atoms with Crippen molar-refractivity contribution in [3.05, 3.63) is 133 Å². The first kappa shape index (κ1) is 21.8. The van der Waals surface area contributed by atoms with E-state index >= 15 is 0 Å². The zero-order chi connectivity index (χ0) is 26.7. The average Bonchev–Trinajstić information content (AvgIpc) is 3.41. The van der Waals surface area contributed by atoms with E-state index in [0.717, 1.165) is 0 Å². The minimum absolute atomic E-state index is 1.26. The summed E-state index contributed by atoms with van der Waals surface area (Å²) in [6, 6.07) is 50.1. The number of fused-ring (bicyclic) bond motifs is 1. The first-order valence-electron chi connectivity index (χ1n) is 14.2. The Balaban J connectivity index is 1.17. The Morgan fingerprint density at radius 1 is 0.317 bits per heavy atom. The minimum Gasteiger partial charge on any atom is -0.135 e. The third-order valence-electron chi connectivity index (χ3n) is 9.12. The van der Waals surface area contributed by atoms with Crippen molar-refractivity contribution in [3.63, 3.8) is 0 Å². The average molecular weight is 535 g/mol. The molecule has 0 N–H and O–H groups in total. The van der Waals surface area contributed by atoms with Gasteiger partial charge in [0.25, 0.3) is 0 Å². The van der Waals surface area contributed by atoms with Crippen LogP contribution in [0.5, 0.6) is 0 Å². The molecule has 0 spiro atoms. The van der Waals surface area contributed by atoms with Crippen LogP contribution in [0.2, 0.25) is 0 Å². The Kier molecular flexibility index (Phi) is 4.15. The number of hydrogen-bond acceptors (Lipinski definition) is 1. The summed E-state index contributed by atoms with van der Waals surface area (Å²) in [4.78, 5) is 0. The Bertz CT molecular complexity index is 2620. The molecule has 0 nitrogen and oxygen atoms in total. The van der Waals surface area contributed by atoms with E-state index in [9.17, 15) is 0 Å². The molecule has 41 heavy (non-hydrogen) atoms. The Morgan fingerprint density at radius 3 is 1.76 bits per heavy atom. The summed E-state index contributed by atoms with van der Waals surface area (Å²) in [5.74, 6) is 0. The number of rotatable bonds is 2. The third kappa shape index (κ3) is 2.99. The third-order valence-corrected chi connectivity index (χ3v) is 10.2. The van der Waals surface area contributed by atoms with Crippen molar-refractivity contribution in [2.45, 2.75) is 0 Å². The van der Waals surface area contributed by atoms with Crippen LogP contribution in [0.4, 0.5) is 0 Å². The molecule has 9 aromatic carbocycles. The van der Waals surface area contributed by atoms with E-state index < -0.39 is 0 Å². The maximum absolute atomic E-state index is 2.39. The molecule has 0 bridgehead atoms. The van der Waals surface area contributed by atoms with Gasteiger partial charge in [-0.1, -0.05) is 103 Å². The van der Waals surface area contributed by atoms with Crippen LogP contribution in [0.3, 0.4) is 0 Å². The zero-order valence-corrected chi connectivity index (χ0v) is 22.9. The highest BCUT2D eigenvalue weighted by Crippen LogP contribution is 2.43. The van der Waals surface area contributed by atoms with Gasteiger partial charge >= 0.3 is 0 Å². The predicted molar refractivity (Wildman–Crippen MR) is 180 cm³/mol. The largest absolute Gasteiger partial charge is 0.135 e. The molecule has 0 saturated carbocycles.